The van der Waals surface area contributed by atoms with Crippen molar-refractivity contribution in [1.29, 1.82) is 0 Å². The molecule has 30 heavy (non-hydrogen) atoms. The molecular formula is C23H21Cl2NO3S. The van der Waals surface area contributed by atoms with Gasteiger partial charge >= 0.3 is 0 Å². The van der Waals surface area contributed by atoms with E-state index in [1.807, 2.05) is 19.9 Å². The lowest BCUT2D eigenvalue weighted by Gasteiger charge is -2.14. The van der Waals surface area contributed by atoms with Gasteiger partial charge in [-0.3, -0.25) is 9.52 Å². The first-order valence-electron chi connectivity index (χ1n) is 9.29. The van der Waals surface area contributed by atoms with Gasteiger partial charge in [-0.05, 0) is 60.9 Å². The van der Waals surface area contributed by atoms with E-state index in [1.54, 1.807) is 54.6 Å². The molecule has 0 amide bonds. The molecular weight excluding hydrogens is 441 g/mol. The van der Waals surface area contributed by atoms with E-state index in [1.165, 1.54) is 0 Å². The summed E-state index contributed by atoms with van der Waals surface area (Å²) in [6.07, 6.45) is 0.115. The minimum atomic E-state index is -3.78. The van der Waals surface area contributed by atoms with Crippen molar-refractivity contribution >= 4 is 44.7 Å². The van der Waals surface area contributed by atoms with E-state index in [9.17, 15) is 13.2 Å². The van der Waals surface area contributed by atoms with Crippen molar-refractivity contribution in [3.05, 3.63) is 93.0 Å². The molecule has 0 aliphatic rings. The summed E-state index contributed by atoms with van der Waals surface area (Å²) >= 11 is 12.3. The summed E-state index contributed by atoms with van der Waals surface area (Å²) < 4.78 is 28.2. The fourth-order valence-electron chi connectivity index (χ4n) is 3.03. The number of ketones is 1. The summed E-state index contributed by atoms with van der Waals surface area (Å²) in [6.45, 7) is 3.75. The molecule has 0 atom stereocenters. The average molecular weight is 462 g/mol. The average Bonchev–Trinajstić information content (AvgIpc) is 2.67. The zero-order valence-electron chi connectivity index (χ0n) is 16.6. The molecule has 3 aromatic rings. The number of Topliss-reactive ketones (excluding diaryl/α,β-unsaturated/α-hetero) is 1. The Hall–Kier alpha value is -2.34. The van der Waals surface area contributed by atoms with Gasteiger partial charge in [-0.25, -0.2) is 8.42 Å². The van der Waals surface area contributed by atoms with Crippen LogP contribution >= 0.6 is 23.2 Å². The number of rotatable bonds is 7. The highest BCUT2D eigenvalue weighted by molar-refractivity contribution is 7.92. The topological polar surface area (TPSA) is 63.2 Å². The Labute approximate surface area is 186 Å². The first-order chi connectivity index (χ1) is 14.2. The standard InChI is InChI=1S/C23H21Cl2NO3S/c1-15-7-10-19(11-8-15)30(28,29)26-23-12-16(2)6-9-17(23)13-18(27)14-20-21(24)4-3-5-22(20)25/h3-12,26H,13-14H2,1-2H3. The van der Waals surface area contributed by atoms with Crippen LogP contribution < -0.4 is 4.72 Å². The van der Waals surface area contributed by atoms with Crippen LogP contribution in [0.4, 0.5) is 5.69 Å². The highest BCUT2D eigenvalue weighted by Crippen LogP contribution is 2.27. The van der Waals surface area contributed by atoms with Gasteiger partial charge in [0.05, 0.1) is 10.6 Å². The quantitative estimate of drug-likeness (QED) is 0.485. The molecule has 7 heteroatoms. The van der Waals surface area contributed by atoms with Gasteiger partial charge in [0.2, 0.25) is 0 Å². The van der Waals surface area contributed by atoms with Crippen LogP contribution in [-0.4, -0.2) is 14.2 Å². The number of benzene rings is 3. The van der Waals surface area contributed by atoms with Gasteiger partial charge in [0, 0.05) is 22.9 Å². The number of carbonyl (C=O) groups excluding carboxylic acids is 1. The zero-order valence-corrected chi connectivity index (χ0v) is 18.9. The van der Waals surface area contributed by atoms with E-state index in [0.29, 0.717) is 26.9 Å². The Morgan fingerprint density at radius 2 is 1.47 bits per heavy atom. The van der Waals surface area contributed by atoms with Crippen molar-refractivity contribution in [2.45, 2.75) is 31.6 Å². The fraction of sp³-hybridized carbons (Fsp3) is 0.174. The van der Waals surface area contributed by atoms with Crippen LogP contribution in [0.25, 0.3) is 0 Å². The lowest BCUT2D eigenvalue weighted by atomic mass is 10.0. The Morgan fingerprint density at radius 1 is 0.867 bits per heavy atom. The number of carbonyl (C=O) groups is 1. The predicted molar refractivity (Wildman–Crippen MR) is 122 cm³/mol. The molecule has 156 valence electrons. The molecule has 0 bridgehead atoms. The van der Waals surface area contributed by atoms with Crippen molar-refractivity contribution in [1.82, 2.24) is 0 Å². The van der Waals surface area contributed by atoms with E-state index >= 15 is 0 Å². The zero-order chi connectivity index (χ0) is 21.9. The van der Waals surface area contributed by atoms with Crippen molar-refractivity contribution in [2.75, 3.05) is 4.72 Å². The molecule has 0 heterocycles. The first-order valence-corrected chi connectivity index (χ1v) is 11.5. The van der Waals surface area contributed by atoms with Gasteiger partial charge in [-0.2, -0.15) is 0 Å². The third-order valence-corrected chi connectivity index (χ3v) is 6.75. The van der Waals surface area contributed by atoms with Crippen molar-refractivity contribution in [2.24, 2.45) is 0 Å². The minimum absolute atomic E-state index is 0.0492. The number of hydrogen-bond acceptors (Lipinski definition) is 3. The van der Waals surface area contributed by atoms with Gasteiger partial charge < -0.3 is 0 Å². The summed E-state index contributed by atoms with van der Waals surface area (Å²) in [5, 5.41) is 0.861. The smallest absolute Gasteiger partial charge is 0.261 e. The van der Waals surface area contributed by atoms with Gasteiger partial charge in [0.1, 0.15) is 5.78 Å². The molecule has 0 radical (unpaired) electrons. The molecule has 0 aliphatic heterocycles. The molecule has 3 rings (SSSR count). The van der Waals surface area contributed by atoms with E-state index in [0.717, 1.165) is 11.1 Å². The molecule has 0 saturated carbocycles. The number of aryl methyl sites for hydroxylation is 2. The van der Waals surface area contributed by atoms with Gasteiger partial charge in [0.15, 0.2) is 0 Å². The fourth-order valence-corrected chi connectivity index (χ4v) is 4.66. The summed E-state index contributed by atoms with van der Waals surface area (Å²) in [5.74, 6) is -0.121. The van der Waals surface area contributed by atoms with Crippen LogP contribution in [0, 0.1) is 13.8 Å². The minimum Gasteiger partial charge on any atom is -0.299 e. The second-order valence-corrected chi connectivity index (χ2v) is 9.67. The number of halogens is 2. The largest absolute Gasteiger partial charge is 0.299 e. The normalized spacial score (nSPS) is 11.3. The summed E-state index contributed by atoms with van der Waals surface area (Å²) in [5.41, 5.74) is 3.38. The molecule has 0 fully saturated rings. The second kappa shape index (κ2) is 9.21. The number of hydrogen-bond donors (Lipinski definition) is 1. The molecule has 0 aromatic heterocycles. The van der Waals surface area contributed by atoms with Gasteiger partial charge in [-0.1, -0.05) is 59.1 Å². The number of anilines is 1. The van der Waals surface area contributed by atoms with Gasteiger partial charge in [0.25, 0.3) is 10.0 Å². The first kappa shape index (κ1) is 22.3. The monoisotopic (exact) mass is 461 g/mol. The highest BCUT2D eigenvalue weighted by atomic mass is 35.5. The highest BCUT2D eigenvalue weighted by Gasteiger charge is 2.18. The van der Waals surface area contributed by atoms with E-state index in [2.05, 4.69) is 4.72 Å². The van der Waals surface area contributed by atoms with E-state index < -0.39 is 10.0 Å². The predicted octanol–water partition coefficient (Wildman–Crippen LogP) is 5.77. The maximum absolute atomic E-state index is 12.8. The van der Waals surface area contributed by atoms with Gasteiger partial charge in [-0.15, -0.1) is 0 Å². The van der Waals surface area contributed by atoms with Crippen LogP contribution in [0.2, 0.25) is 10.0 Å². The molecule has 0 aliphatic carbocycles. The summed E-state index contributed by atoms with van der Waals surface area (Å²) in [7, 11) is -3.78. The van der Waals surface area contributed by atoms with Crippen molar-refractivity contribution in [3.63, 3.8) is 0 Å². The second-order valence-electron chi connectivity index (χ2n) is 7.17. The van der Waals surface area contributed by atoms with Crippen LogP contribution in [-0.2, 0) is 27.7 Å². The molecule has 0 unspecified atom stereocenters. The lowest BCUT2D eigenvalue weighted by Crippen LogP contribution is -2.16. The maximum atomic E-state index is 12.8. The Balaban J connectivity index is 1.85. The van der Waals surface area contributed by atoms with E-state index in [-0.39, 0.29) is 23.5 Å². The molecule has 1 N–H and O–H groups in total. The van der Waals surface area contributed by atoms with Crippen molar-refractivity contribution in [3.8, 4) is 0 Å². The Morgan fingerprint density at radius 3 is 2.10 bits per heavy atom. The molecule has 3 aromatic carbocycles. The summed E-state index contributed by atoms with van der Waals surface area (Å²) in [6, 6.07) is 17.0. The maximum Gasteiger partial charge on any atom is 0.261 e. The molecule has 0 spiro atoms. The van der Waals surface area contributed by atoms with Crippen LogP contribution in [0.1, 0.15) is 22.3 Å². The Kier molecular flexibility index (Phi) is 6.86. The van der Waals surface area contributed by atoms with Crippen LogP contribution in [0.15, 0.2) is 65.6 Å². The third kappa shape index (κ3) is 5.42. The molecule has 4 nitrogen and oxygen atoms in total. The van der Waals surface area contributed by atoms with Crippen LogP contribution in [0.3, 0.4) is 0 Å². The Bertz CT molecular complexity index is 1170. The SMILES string of the molecule is Cc1ccc(S(=O)(=O)Nc2cc(C)ccc2CC(=O)Cc2c(Cl)cccc2Cl)cc1. The summed E-state index contributed by atoms with van der Waals surface area (Å²) in [4.78, 5) is 12.9. The third-order valence-electron chi connectivity index (χ3n) is 4.66. The number of nitrogens with one attached hydrogen (secondary N) is 1. The molecule has 0 saturated heterocycles. The van der Waals surface area contributed by atoms with Crippen LogP contribution in [0.5, 0.6) is 0 Å². The van der Waals surface area contributed by atoms with E-state index in [4.69, 9.17) is 23.2 Å². The number of sulfonamides is 1. The van der Waals surface area contributed by atoms with Crippen molar-refractivity contribution < 1.29 is 13.2 Å². The lowest BCUT2D eigenvalue weighted by molar-refractivity contribution is -0.117.